The molecule has 1 aromatic rings. The van der Waals surface area contributed by atoms with Gasteiger partial charge in [-0.15, -0.1) is 11.3 Å². The first-order valence-corrected chi connectivity index (χ1v) is 8.47. The van der Waals surface area contributed by atoms with Crippen LogP contribution in [0, 0.1) is 11.8 Å². The highest BCUT2D eigenvalue weighted by molar-refractivity contribution is 7.09. The van der Waals surface area contributed by atoms with Crippen molar-refractivity contribution in [3.8, 4) is 0 Å². The molecule has 1 aromatic heterocycles. The molecule has 0 bridgehead atoms. The van der Waals surface area contributed by atoms with Crippen LogP contribution in [0.2, 0.25) is 0 Å². The zero-order valence-electron chi connectivity index (χ0n) is 13.0. The molecule has 0 saturated carbocycles. The quantitative estimate of drug-likeness (QED) is 0.858. The molecule has 6 nitrogen and oxygen atoms in total. The highest BCUT2D eigenvalue weighted by Crippen LogP contribution is 2.23. The highest BCUT2D eigenvalue weighted by atomic mass is 32.1. The first-order valence-electron chi connectivity index (χ1n) is 7.59. The van der Waals surface area contributed by atoms with E-state index < -0.39 is 11.9 Å². The summed E-state index contributed by atoms with van der Waals surface area (Å²) in [6, 6.07) is -0.111. The second-order valence-corrected chi connectivity index (χ2v) is 7.03. The summed E-state index contributed by atoms with van der Waals surface area (Å²) >= 11 is 1.48. The molecule has 122 valence electrons. The van der Waals surface area contributed by atoms with Gasteiger partial charge in [0.25, 0.3) is 0 Å². The standard InChI is InChI=1S/C15H23N3O3S/c1-9(2)13(16)14-17-11(8-22-14)6-12(19)18-5-3-4-10(7-18)15(20)21/h8-10,13H,3-7,16H2,1-2H3,(H,20,21). The number of hydrogen-bond donors (Lipinski definition) is 2. The molecular weight excluding hydrogens is 302 g/mol. The van der Waals surface area contributed by atoms with E-state index in [0.29, 0.717) is 25.4 Å². The lowest BCUT2D eigenvalue weighted by Crippen LogP contribution is -2.43. The third-order valence-corrected chi connectivity index (χ3v) is 5.02. The van der Waals surface area contributed by atoms with Gasteiger partial charge in [0.1, 0.15) is 5.01 Å². The van der Waals surface area contributed by atoms with E-state index in [1.54, 1.807) is 4.90 Å². The Morgan fingerprint density at radius 3 is 2.91 bits per heavy atom. The van der Waals surface area contributed by atoms with Crippen LogP contribution in [0.3, 0.4) is 0 Å². The van der Waals surface area contributed by atoms with Gasteiger partial charge in [-0.05, 0) is 18.8 Å². The minimum atomic E-state index is -0.823. The van der Waals surface area contributed by atoms with Crippen LogP contribution in [-0.2, 0) is 16.0 Å². The minimum Gasteiger partial charge on any atom is -0.481 e. The number of likely N-dealkylation sites (tertiary alicyclic amines) is 1. The van der Waals surface area contributed by atoms with Crippen LogP contribution in [0.1, 0.15) is 43.4 Å². The fourth-order valence-corrected chi connectivity index (χ4v) is 3.51. The summed E-state index contributed by atoms with van der Waals surface area (Å²) in [5, 5.41) is 11.8. The van der Waals surface area contributed by atoms with Gasteiger partial charge in [-0.2, -0.15) is 0 Å². The van der Waals surface area contributed by atoms with E-state index in [4.69, 9.17) is 10.8 Å². The Kier molecular flexibility index (Phi) is 5.52. The van der Waals surface area contributed by atoms with Gasteiger partial charge in [0.15, 0.2) is 0 Å². The molecule has 22 heavy (non-hydrogen) atoms. The minimum absolute atomic E-state index is 0.0547. The summed E-state index contributed by atoms with van der Waals surface area (Å²) in [5.41, 5.74) is 6.78. The van der Waals surface area contributed by atoms with Crippen LogP contribution in [-0.4, -0.2) is 40.0 Å². The predicted molar refractivity (Wildman–Crippen MR) is 84.5 cm³/mol. The third kappa shape index (κ3) is 4.04. The third-order valence-electron chi connectivity index (χ3n) is 4.03. The van der Waals surface area contributed by atoms with Crippen molar-refractivity contribution >= 4 is 23.2 Å². The molecule has 1 aliphatic rings. The number of thiazole rings is 1. The highest BCUT2D eigenvalue weighted by Gasteiger charge is 2.28. The number of carboxylic acid groups (broad SMARTS) is 1. The van der Waals surface area contributed by atoms with E-state index in [0.717, 1.165) is 17.1 Å². The first kappa shape index (κ1) is 16.9. The van der Waals surface area contributed by atoms with Crippen LogP contribution in [0.5, 0.6) is 0 Å². The lowest BCUT2D eigenvalue weighted by atomic mass is 9.98. The van der Waals surface area contributed by atoms with E-state index in [-0.39, 0.29) is 18.4 Å². The van der Waals surface area contributed by atoms with E-state index in [9.17, 15) is 9.59 Å². The number of aliphatic carboxylic acids is 1. The number of carboxylic acids is 1. The number of amides is 1. The maximum absolute atomic E-state index is 12.3. The number of hydrogen-bond acceptors (Lipinski definition) is 5. The van der Waals surface area contributed by atoms with E-state index >= 15 is 0 Å². The Morgan fingerprint density at radius 2 is 2.27 bits per heavy atom. The molecule has 0 aliphatic carbocycles. The van der Waals surface area contributed by atoms with Crippen molar-refractivity contribution in [2.45, 2.75) is 39.2 Å². The number of nitrogens with zero attached hydrogens (tertiary/aromatic N) is 2. The van der Waals surface area contributed by atoms with Gasteiger partial charge in [-0.25, -0.2) is 4.98 Å². The van der Waals surface area contributed by atoms with E-state index in [2.05, 4.69) is 4.98 Å². The van der Waals surface area contributed by atoms with Crippen molar-refractivity contribution in [3.63, 3.8) is 0 Å². The van der Waals surface area contributed by atoms with E-state index in [1.165, 1.54) is 11.3 Å². The fourth-order valence-electron chi connectivity index (χ4n) is 2.51. The summed E-state index contributed by atoms with van der Waals surface area (Å²) in [6.45, 7) is 5.01. The van der Waals surface area contributed by atoms with Crippen molar-refractivity contribution in [2.24, 2.45) is 17.6 Å². The molecule has 2 heterocycles. The Bertz CT molecular complexity index is 544. The number of nitrogens with two attached hydrogens (primary N) is 1. The smallest absolute Gasteiger partial charge is 0.308 e. The van der Waals surface area contributed by atoms with Gasteiger partial charge in [0.2, 0.25) is 5.91 Å². The van der Waals surface area contributed by atoms with Crippen molar-refractivity contribution in [1.29, 1.82) is 0 Å². The molecule has 1 fully saturated rings. The largest absolute Gasteiger partial charge is 0.481 e. The monoisotopic (exact) mass is 325 g/mol. The van der Waals surface area contributed by atoms with Crippen molar-refractivity contribution < 1.29 is 14.7 Å². The molecule has 1 aliphatic heterocycles. The van der Waals surface area contributed by atoms with Crippen LogP contribution in [0.15, 0.2) is 5.38 Å². The zero-order valence-corrected chi connectivity index (χ0v) is 13.8. The summed E-state index contributed by atoms with van der Waals surface area (Å²) in [7, 11) is 0. The first-order chi connectivity index (χ1) is 10.4. The van der Waals surface area contributed by atoms with Gasteiger partial charge in [-0.1, -0.05) is 13.8 Å². The molecular formula is C15H23N3O3S. The summed E-state index contributed by atoms with van der Waals surface area (Å²) in [5.74, 6) is -1.02. The van der Waals surface area contributed by atoms with Gasteiger partial charge in [-0.3, -0.25) is 9.59 Å². The Balaban J connectivity index is 1.96. The predicted octanol–water partition coefficient (Wildman–Crippen LogP) is 1.66. The Morgan fingerprint density at radius 1 is 1.55 bits per heavy atom. The molecule has 0 radical (unpaired) electrons. The number of carbonyl (C=O) groups excluding carboxylic acids is 1. The topological polar surface area (TPSA) is 96.5 Å². The molecule has 1 saturated heterocycles. The summed E-state index contributed by atoms with van der Waals surface area (Å²) < 4.78 is 0. The number of piperidine rings is 1. The second-order valence-electron chi connectivity index (χ2n) is 6.14. The fraction of sp³-hybridized carbons (Fsp3) is 0.667. The van der Waals surface area contributed by atoms with E-state index in [1.807, 2.05) is 19.2 Å². The number of rotatable bonds is 5. The molecule has 1 amide bonds. The van der Waals surface area contributed by atoms with Crippen molar-refractivity contribution in [2.75, 3.05) is 13.1 Å². The Hall–Kier alpha value is -1.47. The maximum atomic E-state index is 12.3. The zero-order chi connectivity index (χ0) is 16.3. The second kappa shape index (κ2) is 7.19. The van der Waals surface area contributed by atoms with Crippen molar-refractivity contribution in [1.82, 2.24) is 9.88 Å². The Labute approximate surface area is 134 Å². The van der Waals surface area contributed by atoms with Crippen molar-refractivity contribution in [3.05, 3.63) is 16.1 Å². The normalized spacial score (nSPS) is 20.2. The van der Waals surface area contributed by atoms with Gasteiger partial charge in [0, 0.05) is 18.5 Å². The SMILES string of the molecule is CC(C)C(N)c1nc(CC(=O)N2CCCC(C(=O)O)C2)cs1. The molecule has 2 atom stereocenters. The van der Waals surface area contributed by atoms with Crippen LogP contribution < -0.4 is 5.73 Å². The lowest BCUT2D eigenvalue weighted by molar-refractivity contribution is -0.145. The van der Waals surface area contributed by atoms with Crippen LogP contribution in [0.25, 0.3) is 0 Å². The molecule has 7 heteroatoms. The lowest BCUT2D eigenvalue weighted by Gasteiger charge is -2.30. The molecule has 2 rings (SSSR count). The molecule has 0 aromatic carbocycles. The van der Waals surface area contributed by atoms with Crippen LogP contribution >= 0.6 is 11.3 Å². The molecule has 3 N–H and O–H groups in total. The average Bonchev–Trinajstić information content (AvgIpc) is 2.94. The average molecular weight is 325 g/mol. The van der Waals surface area contributed by atoms with Crippen LogP contribution in [0.4, 0.5) is 0 Å². The molecule has 0 spiro atoms. The maximum Gasteiger partial charge on any atom is 0.308 e. The number of aromatic nitrogens is 1. The number of carbonyl (C=O) groups is 2. The summed E-state index contributed by atoms with van der Waals surface area (Å²) in [6.07, 6.45) is 1.60. The van der Waals surface area contributed by atoms with Gasteiger partial charge < -0.3 is 15.7 Å². The van der Waals surface area contributed by atoms with Gasteiger partial charge >= 0.3 is 5.97 Å². The molecule has 2 unspecified atom stereocenters. The summed E-state index contributed by atoms with van der Waals surface area (Å²) in [4.78, 5) is 29.5. The van der Waals surface area contributed by atoms with Gasteiger partial charge in [0.05, 0.1) is 24.1 Å².